The van der Waals surface area contributed by atoms with Crippen molar-refractivity contribution in [1.29, 1.82) is 0 Å². The van der Waals surface area contributed by atoms with Crippen LogP contribution < -0.4 is 10.6 Å². The Morgan fingerprint density at radius 2 is 2.00 bits per heavy atom. The lowest BCUT2D eigenvalue weighted by molar-refractivity contribution is 0.672. The summed E-state index contributed by atoms with van der Waals surface area (Å²) in [4.78, 5) is 4.25. The molecule has 0 saturated heterocycles. The molecule has 1 rings (SSSR count). The molecule has 0 bridgehead atoms. The summed E-state index contributed by atoms with van der Waals surface area (Å²) >= 11 is 7.79. The molecule has 3 nitrogen and oxygen atoms in total. The molecular weight excluding hydrogens is 290 g/mol. The lowest BCUT2D eigenvalue weighted by Gasteiger charge is -2.18. The van der Waals surface area contributed by atoms with Gasteiger partial charge in [0.1, 0.15) is 0 Å². The summed E-state index contributed by atoms with van der Waals surface area (Å²) in [7, 11) is 1.80. The molecule has 1 aromatic rings. The molecule has 1 unspecified atom stereocenters. The highest BCUT2D eigenvalue weighted by molar-refractivity contribution is 7.98. The summed E-state index contributed by atoms with van der Waals surface area (Å²) in [5.41, 5.74) is 1.19. The molecule has 1 atom stereocenters. The van der Waals surface area contributed by atoms with Gasteiger partial charge in [0.05, 0.1) is 6.04 Å². The minimum absolute atomic E-state index is 0.199. The van der Waals surface area contributed by atoms with Crippen LogP contribution in [0.2, 0.25) is 5.02 Å². The second-order valence-corrected chi connectivity index (χ2v) is 6.04. The van der Waals surface area contributed by atoms with Crippen molar-refractivity contribution in [1.82, 2.24) is 10.6 Å². The summed E-state index contributed by atoms with van der Waals surface area (Å²) in [5.74, 6) is 2.06. The molecule has 0 radical (unpaired) electrons. The molecule has 5 heteroatoms. The quantitative estimate of drug-likeness (QED) is 0.458. The van der Waals surface area contributed by atoms with Crippen molar-refractivity contribution in [2.75, 3.05) is 25.6 Å². The Balaban J connectivity index is 2.38. The zero-order valence-corrected chi connectivity index (χ0v) is 14.0. The van der Waals surface area contributed by atoms with Crippen LogP contribution in [-0.4, -0.2) is 31.6 Å². The van der Waals surface area contributed by atoms with E-state index in [0.29, 0.717) is 0 Å². The van der Waals surface area contributed by atoms with Gasteiger partial charge in [-0.15, -0.1) is 0 Å². The van der Waals surface area contributed by atoms with Crippen molar-refractivity contribution in [2.24, 2.45) is 4.99 Å². The Kier molecular flexibility index (Phi) is 8.54. The molecule has 0 aliphatic rings. The first-order valence-corrected chi connectivity index (χ1v) is 8.66. The maximum Gasteiger partial charge on any atom is 0.191 e. The normalized spacial score (nSPS) is 13.1. The second-order valence-electron chi connectivity index (χ2n) is 4.62. The summed E-state index contributed by atoms with van der Waals surface area (Å²) in [5, 5.41) is 7.49. The van der Waals surface area contributed by atoms with Crippen LogP contribution >= 0.6 is 23.4 Å². The summed E-state index contributed by atoms with van der Waals surface area (Å²) in [6.07, 6.45) is 4.54. The van der Waals surface area contributed by atoms with Gasteiger partial charge in [0.25, 0.3) is 0 Å². The third-order valence-corrected chi connectivity index (χ3v) is 3.96. The van der Waals surface area contributed by atoms with E-state index in [0.717, 1.165) is 23.9 Å². The molecule has 0 saturated carbocycles. The number of thioether (sulfide) groups is 1. The Morgan fingerprint density at radius 3 is 2.60 bits per heavy atom. The van der Waals surface area contributed by atoms with Gasteiger partial charge in [-0.2, -0.15) is 11.8 Å². The molecule has 0 aliphatic heterocycles. The molecule has 0 aromatic heterocycles. The van der Waals surface area contributed by atoms with Gasteiger partial charge in [-0.25, -0.2) is 0 Å². The molecule has 0 heterocycles. The predicted octanol–water partition coefficient (Wildman–Crippen LogP) is 3.71. The van der Waals surface area contributed by atoms with E-state index in [1.165, 1.54) is 17.7 Å². The van der Waals surface area contributed by atoms with Gasteiger partial charge in [-0.3, -0.25) is 4.99 Å². The summed E-state index contributed by atoms with van der Waals surface area (Å²) in [6, 6.07) is 8.09. The molecule has 1 aromatic carbocycles. The first kappa shape index (κ1) is 17.2. The highest BCUT2D eigenvalue weighted by atomic mass is 35.5. The highest BCUT2D eigenvalue weighted by Gasteiger charge is 2.07. The van der Waals surface area contributed by atoms with Crippen molar-refractivity contribution in [2.45, 2.75) is 25.8 Å². The van der Waals surface area contributed by atoms with Crippen LogP contribution in [0.15, 0.2) is 29.3 Å². The number of benzene rings is 1. The van der Waals surface area contributed by atoms with Crippen LogP contribution in [0.3, 0.4) is 0 Å². The monoisotopic (exact) mass is 313 g/mol. The van der Waals surface area contributed by atoms with Crippen LogP contribution in [0.4, 0.5) is 0 Å². The average Bonchev–Trinajstić information content (AvgIpc) is 2.46. The lowest BCUT2D eigenvalue weighted by Crippen LogP contribution is -2.39. The Hall–Kier alpha value is -0.870. The van der Waals surface area contributed by atoms with E-state index in [-0.39, 0.29) is 6.04 Å². The van der Waals surface area contributed by atoms with E-state index in [4.69, 9.17) is 11.6 Å². The Morgan fingerprint density at radius 1 is 1.30 bits per heavy atom. The van der Waals surface area contributed by atoms with Gasteiger partial charge in [-0.05, 0) is 49.5 Å². The maximum absolute atomic E-state index is 5.90. The maximum atomic E-state index is 5.90. The number of hydrogen-bond donors (Lipinski definition) is 2. The van der Waals surface area contributed by atoms with Gasteiger partial charge in [0.2, 0.25) is 0 Å². The van der Waals surface area contributed by atoms with E-state index in [1.54, 1.807) is 7.05 Å². The SMILES string of the molecule is CN=C(NCCCCSC)NC(C)c1ccc(Cl)cc1. The van der Waals surface area contributed by atoms with Crippen LogP contribution in [-0.2, 0) is 0 Å². The largest absolute Gasteiger partial charge is 0.356 e. The van der Waals surface area contributed by atoms with Crippen LogP contribution in [0, 0.1) is 0 Å². The van der Waals surface area contributed by atoms with E-state index in [1.807, 2.05) is 36.0 Å². The average molecular weight is 314 g/mol. The number of aliphatic imine (C=N–C) groups is 1. The number of rotatable bonds is 7. The lowest BCUT2D eigenvalue weighted by atomic mass is 10.1. The molecule has 0 aliphatic carbocycles. The van der Waals surface area contributed by atoms with Crippen LogP contribution in [0.5, 0.6) is 0 Å². The third-order valence-electron chi connectivity index (χ3n) is 3.01. The number of hydrogen-bond acceptors (Lipinski definition) is 2. The first-order valence-electron chi connectivity index (χ1n) is 6.89. The number of guanidine groups is 1. The summed E-state index contributed by atoms with van der Waals surface area (Å²) in [6.45, 7) is 3.07. The van der Waals surface area contributed by atoms with Crippen molar-refractivity contribution in [3.63, 3.8) is 0 Å². The van der Waals surface area contributed by atoms with E-state index in [2.05, 4.69) is 28.8 Å². The zero-order chi connectivity index (χ0) is 14.8. The van der Waals surface area contributed by atoms with E-state index < -0.39 is 0 Å². The topological polar surface area (TPSA) is 36.4 Å². The number of nitrogens with zero attached hydrogens (tertiary/aromatic N) is 1. The minimum atomic E-state index is 0.199. The van der Waals surface area contributed by atoms with Crippen molar-refractivity contribution in [3.8, 4) is 0 Å². The number of halogens is 1. The smallest absolute Gasteiger partial charge is 0.191 e. The Labute approximate surface area is 131 Å². The van der Waals surface area contributed by atoms with Gasteiger partial charge >= 0.3 is 0 Å². The standard InChI is InChI=1S/C15H24ClN3S/c1-12(13-6-8-14(16)9-7-13)19-15(17-2)18-10-4-5-11-20-3/h6-9,12H,4-5,10-11H2,1-3H3,(H2,17,18,19). The van der Waals surface area contributed by atoms with Gasteiger partial charge in [-0.1, -0.05) is 23.7 Å². The fourth-order valence-electron chi connectivity index (χ4n) is 1.81. The van der Waals surface area contributed by atoms with Gasteiger partial charge in [0.15, 0.2) is 5.96 Å². The second kappa shape index (κ2) is 9.94. The molecule has 0 amide bonds. The fraction of sp³-hybridized carbons (Fsp3) is 0.533. The van der Waals surface area contributed by atoms with Gasteiger partial charge < -0.3 is 10.6 Å². The predicted molar refractivity (Wildman–Crippen MR) is 92.0 cm³/mol. The highest BCUT2D eigenvalue weighted by Crippen LogP contribution is 2.15. The van der Waals surface area contributed by atoms with Gasteiger partial charge in [0, 0.05) is 18.6 Å². The minimum Gasteiger partial charge on any atom is -0.356 e. The van der Waals surface area contributed by atoms with Crippen LogP contribution in [0.25, 0.3) is 0 Å². The van der Waals surface area contributed by atoms with Crippen molar-refractivity contribution < 1.29 is 0 Å². The van der Waals surface area contributed by atoms with Crippen molar-refractivity contribution in [3.05, 3.63) is 34.9 Å². The molecular formula is C15H24ClN3S. The third kappa shape index (κ3) is 6.53. The molecule has 0 fully saturated rings. The Bertz CT molecular complexity index is 406. The van der Waals surface area contributed by atoms with Crippen LogP contribution in [0.1, 0.15) is 31.4 Å². The molecule has 2 N–H and O–H groups in total. The molecule has 112 valence electrons. The molecule has 0 spiro atoms. The first-order chi connectivity index (χ1) is 9.67. The summed E-state index contributed by atoms with van der Waals surface area (Å²) < 4.78 is 0. The fourth-order valence-corrected chi connectivity index (χ4v) is 2.43. The molecule has 20 heavy (non-hydrogen) atoms. The zero-order valence-electron chi connectivity index (χ0n) is 12.4. The number of unbranched alkanes of at least 4 members (excludes halogenated alkanes) is 1. The van der Waals surface area contributed by atoms with E-state index >= 15 is 0 Å². The number of nitrogens with one attached hydrogen (secondary N) is 2. The van der Waals surface area contributed by atoms with Crippen molar-refractivity contribution >= 4 is 29.3 Å². The van der Waals surface area contributed by atoms with E-state index in [9.17, 15) is 0 Å².